The van der Waals surface area contributed by atoms with E-state index in [4.69, 9.17) is 12.2 Å². The number of terminal acetylenes is 1. The van der Waals surface area contributed by atoms with Gasteiger partial charge in [-0.2, -0.15) is 0 Å². The first kappa shape index (κ1) is 11.3. The third-order valence-electron chi connectivity index (χ3n) is 2.01. The van der Waals surface area contributed by atoms with Gasteiger partial charge in [-0.1, -0.05) is 30.3 Å². The number of carbonyl (C=O) groups is 1. The molecule has 1 aromatic rings. The Bertz CT molecular complexity index is 354. The van der Waals surface area contributed by atoms with Crippen LogP contribution in [0.3, 0.4) is 0 Å². The molecule has 0 aliphatic carbocycles. The zero-order chi connectivity index (χ0) is 11.1. The van der Waals surface area contributed by atoms with Crippen molar-refractivity contribution in [3.63, 3.8) is 0 Å². The Kier molecular flexibility index (Phi) is 4.39. The van der Waals surface area contributed by atoms with Gasteiger partial charge in [0.25, 0.3) is 0 Å². The standard InChI is InChI=1S/C12H14N2O/c1-2-3-9-14-12(15)11(13)10-7-5-4-6-8-10/h1,4-8,11H,3,9,13H2,(H,14,15). The lowest BCUT2D eigenvalue weighted by atomic mass is 10.1. The number of carbonyl (C=O) groups excluding carboxylic acids is 1. The van der Waals surface area contributed by atoms with E-state index in [0.29, 0.717) is 13.0 Å². The summed E-state index contributed by atoms with van der Waals surface area (Å²) in [6.45, 7) is 0.468. The number of hydrogen-bond acceptors (Lipinski definition) is 2. The maximum Gasteiger partial charge on any atom is 0.241 e. The Labute approximate surface area is 89.7 Å². The molecule has 0 heterocycles. The van der Waals surface area contributed by atoms with Gasteiger partial charge in [-0.25, -0.2) is 0 Å². The SMILES string of the molecule is C#CCCNC(=O)C(N)c1ccccc1. The van der Waals surface area contributed by atoms with Gasteiger partial charge in [-0.05, 0) is 5.56 Å². The van der Waals surface area contributed by atoms with Gasteiger partial charge >= 0.3 is 0 Å². The zero-order valence-electron chi connectivity index (χ0n) is 8.44. The normalized spacial score (nSPS) is 11.5. The number of hydrogen-bond donors (Lipinski definition) is 2. The van der Waals surface area contributed by atoms with Gasteiger partial charge in [-0.3, -0.25) is 4.79 Å². The molecule has 1 atom stereocenters. The van der Waals surface area contributed by atoms with Gasteiger partial charge in [-0.15, -0.1) is 12.3 Å². The largest absolute Gasteiger partial charge is 0.353 e. The van der Waals surface area contributed by atoms with E-state index in [9.17, 15) is 4.79 Å². The molecule has 0 fully saturated rings. The lowest BCUT2D eigenvalue weighted by Gasteiger charge is -2.11. The van der Waals surface area contributed by atoms with Gasteiger partial charge in [0.2, 0.25) is 5.91 Å². The zero-order valence-corrected chi connectivity index (χ0v) is 8.44. The van der Waals surface area contributed by atoms with Crippen molar-refractivity contribution < 1.29 is 4.79 Å². The summed E-state index contributed by atoms with van der Waals surface area (Å²) in [6.07, 6.45) is 5.59. The lowest BCUT2D eigenvalue weighted by Crippen LogP contribution is -2.34. The van der Waals surface area contributed by atoms with Crippen molar-refractivity contribution in [2.24, 2.45) is 5.73 Å². The molecule has 0 aliphatic rings. The van der Waals surface area contributed by atoms with Gasteiger partial charge in [0.15, 0.2) is 0 Å². The third kappa shape index (κ3) is 3.45. The summed E-state index contributed by atoms with van der Waals surface area (Å²) in [5.74, 6) is 2.25. The predicted octanol–water partition coefficient (Wildman–Crippen LogP) is 0.826. The van der Waals surface area contributed by atoms with Crippen LogP contribution >= 0.6 is 0 Å². The molecule has 0 spiro atoms. The van der Waals surface area contributed by atoms with E-state index < -0.39 is 6.04 Å². The fraction of sp³-hybridized carbons (Fsp3) is 0.250. The van der Waals surface area contributed by atoms with Crippen LogP contribution < -0.4 is 11.1 Å². The molecule has 1 amide bonds. The van der Waals surface area contributed by atoms with E-state index in [0.717, 1.165) is 5.56 Å². The van der Waals surface area contributed by atoms with Gasteiger partial charge in [0.1, 0.15) is 6.04 Å². The molecule has 3 N–H and O–H groups in total. The maximum atomic E-state index is 11.5. The minimum absolute atomic E-state index is 0.198. The van der Waals surface area contributed by atoms with E-state index in [1.807, 2.05) is 30.3 Å². The van der Waals surface area contributed by atoms with Crippen LogP contribution in [-0.2, 0) is 4.79 Å². The van der Waals surface area contributed by atoms with Crippen molar-refractivity contribution in [3.8, 4) is 12.3 Å². The highest BCUT2D eigenvalue weighted by atomic mass is 16.2. The molecule has 3 heteroatoms. The predicted molar refractivity (Wildman–Crippen MR) is 59.8 cm³/mol. The number of benzene rings is 1. The van der Waals surface area contributed by atoms with Crippen LogP contribution in [0.2, 0.25) is 0 Å². The maximum absolute atomic E-state index is 11.5. The Morgan fingerprint density at radius 2 is 2.13 bits per heavy atom. The Morgan fingerprint density at radius 1 is 1.47 bits per heavy atom. The molecule has 0 aromatic heterocycles. The summed E-state index contributed by atoms with van der Waals surface area (Å²) >= 11 is 0. The van der Waals surface area contributed by atoms with Crippen molar-refractivity contribution in [2.75, 3.05) is 6.54 Å². The highest BCUT2D eigenvalue weighted by Crippen LogP contribution is 2.08. The molecule has 1 aromatic carbocycles. The first-order valence-corrected chi connectivity index (χ1v) is 4.77. The van der Waals surface area contributed by atoms with Crippen molar-refractivity contribution in [1.82, 2.24) is 5.32 Å². The van der Waals surface area contributed by atoms with Gasteiger partial charge < -0.3 is 11.1 Å². The summed E-state index contributed by atoms with van der Waals surface area (Å²) in [4.78, 5) is 11.5. The topological polar surface area (TPSA) is 55.1 Å². The average Bonchev–Trinajstić information content (AvgIpc) is 2.29. The van der Waals surface area contributed by atoms with Crippen LogP contribution in [0.1, 0.15) is 18.0 Å². The lowest BCUT2D eigenvalue weighted by molar-refractivity contribution is -0.122. The van der Waals surface area contributed by atoms with Crippen LogP contribution in [0.25, 0.3) is 0 Å². The first-order valence-electron chi connectivity index (χ1n) is 4.77. The highest BCUT2D eigenvalue weighted by Gasteiger charge is 2.13. The summed E-state index contributed by atoms with van der Waals surface area (Å²) in [7, 11) is 0. The summed E-state index contributed by atoms with van der Waals surface area (Å²) in [5.41, 5.74) is 6.56. The van der Waals surface area contributed by atoms with E-state index in [1.54, 1.807) is 0 Å². The summed E-state index contributed by atoms with van der Waals surface area (Å²) in [6, 6.07) is 8.61. The summed E-state index contributed by atoms with van der Waals surface area (Å²) < 4.78 is 0. The minimum atomic E-state index is -0.621. The van der Waals surface area contributed by atoms with Crippen molar-refractivity contribution in [2.45, 2.75) is 12.5 Å². The molecule has 0 bridgehead atoms. The number of nitrogens with two attached hydrogens (primary N) is 1. The second-order valence-electron chi connectivity index (χ2n) is 3.13. The van der Waals surface area contributed by atoms with Gasteiger partial charge in [0.05, 0.1) is 0 Å². The average molecular weight is 202 g/mol. The van der Waals surface area contributed by atoms with Crippen LogP contribution in [0.4, 0.5) is 0 Å². The first-order chi connectivity index (χ1) is 7.25. The van der Waals surface area contributed by atoms with Crippen LogP contribution in [0, 0.1) is 12.3 Å². The molecule has 1 unspecified atom stereocenters. The molecule has 0 saturated heterocycles. The Morgan fingerprint density at radius 3 is 2.73 bits per heavy atom. The molecule has 1 rings (SSSR count). The van der Waals surface area contributed by atoms with Crippen molar-refractivity contribution in [1.29, 1.82) is 0 Å². The Balaban J connectivity index is 2.51. The second kappa shape index (κ2) is 5.84. The van der Waals surface area contributed by atoms with E-state index in [1.165, 1.54) is 0 Å². The Hall–Kier alpha value is -1.79. The fourth-order valence-electron chi connectivity index (χ4n) is 1.18. The molecular weight excluding hydrogens is 188 g/mol. The second-order valence-corrected chi connectivity index (χ2v) is 3.13. The van der Waals surface area contributed by atoms with Gasteiger partial charge in [0, 0.05) is 13.0 Å². The molecule has 0 aliphatic heterocycles. The smallest absolute Gasteiger partial charge is 0.241 e. The molecule has 78 valence electrons. The van der Waals surface area contributed by atoms with E-state index in [2.05, 4.69) is 11.2 Å². The van der Waals surface area contributed by atoms with Crippen LogP contribution in [-0.4, -0.2) is 12.5 Å². The quantitative estimate of drug-likeness (QED) is 0.561. The molecule has 0 saturated carbocycles. The number of rotatable bonds is 4. The number of amides is 1. The van der Waals surface area contributed by atoms with Crippen LogP contribution in [0.15, 0.2) is 30.3 Å². The van der Waals surface area contributed by atoms with Crippen molar-refractivity contribution in [3.05, 3.63) is 35.9 Å². The highest BCUT2D eigenvalue weighted by molar-refractivity contribution is 5.82. The van der Waals surface area contributed by atoms with Crippen molar-refractivity contribution >= 4 is 5.91 Å². The molecular formula is C12H14N2O. The fourth-order valence-corrected chi connectivity index (χ4v) is 1.18. The molecule has 3 nitrogen and oxygen atoms in total. The third-order valence-corrected chi connectivity index (χ3v) is 2.01. The van der Waals surface area contributed by atoms with Crippen LogP contribution in [0.5, 0.6) is 0 Å². The number of nitrogens with one attached hydrogen (secondary N) is 1. The molecule has 15 heavy (non-hydrogen) atoms. The molecule has 0 radical (unpaired) electrons. The summed E-state index contributed by atoms with van der Waals surface area (Å²) in [5, 5.41) is 2.68. The van der Waals surface area contributed by atoms with E-state index >= 15 is 0 Å². The minimum Gasteiger partial charge on any atom is -0.353 e. The monoisotopic (exact) mass is 202 g/mol. The van der Waals surface area contributed by atoms with E-state index in [-0.39, 0.29) is 5.91 Å².